The molecule has 2 aromatic heterocycles. The number of urea groups is 1. The molecule has 3 aliphatic rings. The van der Waals surface area contributed by atoms with Gasteiger partial charge in [-0.3, -0.25) is 19.5 Å². The average Bonchev–Trinajstić information content (AvgIpc) is 3.59. The summed E-state index contributed by atoms with van der Waals surface area (Å²) in [5.41, 5.74) is -0.652. The van der Waals surface area contributed by atoms with Crippen molar-refractivity contribution >= 4 is 29.2 Å². The summed E-state index contributed by atoms with van der Waals surface area (Å²) in [7, 11) is 0. The predicted molar refractivity (Wildman–Crippen MR) is 122 cm³/mol. The normalized spacial score (nSPS) is 26.1. The Morgan fingerprint density at radius 2 is 2.03 bits per heavy atom. The zero-order valence-corrected chi connectivity index (χ0v) is 19.3. The first-order valence-electron chi connectivity index (χ1n) is 11.6. The van der Waals surface area contributed by atoms with E-state index in [4.69, 9.17) is 4.74 Å². The number of hydrogen-bond acceptors (Lipinski definition) is 6. The monoisotopic (exact) mass is 468 g/mol. The molecule has 174 valence electrons. The van der Waals surface area contributed by atoms with Gasteiger partial charge < -0.3 is 15.0 Å². The summed E-state index contributed by atoms with van der Waals surface area (Å²) in [6.45, 7) is 2.03. The van der Waals surface area contributed by atoms with Crippen LogP contribution in [0.2, 0.25) is 0 Å². The van der Waals surface area contributed by atoms with E-state index in [1.165, 1.54) is 4.90 Å². The average molecular weight is 469 g/mol. The Bertz CT molecular complexity index is 1000. The SMILES string of the molecule is O=C(Cc1cccs1)N1CCC([C@@]2(c3ccccn3)NC(=O)N(C[C@@H]3CCCO3)C2=O)CC1. The van der Waals surface area contributed by atoms with Crippen LogP contribution in [0, 0.1) is 5.92 Å². The summed E-state index contributed by atoms with van der Waals surface area (Å²) < 4.78 is 5.68. The number of aromatic nitrogens is 1. The van der Waals surface area contributed by atoms with Crippen molar-refractivity contribution < 1.29 is 19.1 Å². The summed E-state index contributed by atoms with van der Waals surface area (Å²) in [4.78, 5) is 48.3. The van der Waals surface area contributed by atoms with E-state index >= 15 is 0 Å². The standard InChI is InChI=1S/C24H28N4O4S/c29-21(15-19-6-4-14-33-19)27-11-8-17(9-12-27)24(20-7-1-2-10-25-20)22(30)28(23(31)26-24)16-18-5-3-13-32-18/h1-2,4,6-7,10,14,17-18H,3,5,8-9,11-13,15-16H2,(H,26,31)/t18-,24-/m0/s1. The lowest BCUT2D eigenvalue weighted by molar-refractivity contribution is -0.137. The highest BCUT2D eigenvalue weighted by atomic mass is 32.1. The maximum Gasteiger partial charge on any atom is 0.325 e. The number of carbonyl (C=O) groups excluding carboxylic acids is 3. The quantitative estimate of drug-likeness (QED) is 0.658. The Morgan fingerprint density at radius 3 is 2.70 bits per heavy atom. The number of thiophene rings is 1. The van der Waals surface area contributed by atoms with Gasteiger partial charge in [-0.05, 0) is 49.3 Å². The van der Waals surface area contributed by atoms with Gasteiger partial charge in [0.05, 0.1) is 24.8 Å². The van der Waals surface area contributed by atoms with Crippen LogP contribution in [0.1, 0.15) is 36.3 Å². The van der Waals surface area contributed by atoms with Crippen molar-refractivity contribution in [2.75, 3.05) is 26.2 Å². The van der Waals surface area contributed by atoms with E-state index in [9.17, 15) is 14.4 Å². The molecule has 0 bridgehead atoms. The molecule has 0 spiro atoms. The summed E-state index contributed by atoms with van der Waals surface area (Å²) in [5, 5.41) is 5.00. The van der Waals surface area contributed by atoms with Crippen LogP contribution in [0.4, 0.5) is 4.79 Å². The number of carbonyl (C=O) groups is 3. The molecule has 0 aromatic carbocycles. The van der Waals surface area contributed by atoms with Crippen LogP contribution in [0.25, 0.3) is 0 Å². The maximum atomic E-state index is 13.8. The van der Waals surface area contributed by atoms with Gasteiger partial charge in [0.1, 0.15) is 0 Å². The maximum absolute atomic E-state index is 13.8. The number of imide groups is 1. The third-order valence-electron chi connectivity index (χ3n) is 6.98. The van der Waals surface area contributed by atoms with Crippen molar-refractivity contribution in [1.82, 2.24) is 20.1 Å². The predicted octanol–water partition coefficient (Wildman–Crippen LogP) is 2.55. The van der Waals surface area contributed by atoms with Gasteiger partial charge in [0.15, 0.2) is 5.54 Å². The number of likely N-dealkylation sites (tertiary alicyclic amines) is 1. The van der Waals surface area contributed by atoms with Crippen LogP contribution in [-0.4, -0.2) is 65.0 Å². The molecule has 0 saturated carbocycles. The minimum absolute atomic E-state index is 0.101. The van der Waals surface area contributed by atoms with Gasteiger partial charge in [0.25, 0.3) is 5.91 Å². The lowest BCUT2D eigenvalue weighted by Gasteiger charge is -2.40. The Balaban J connectivity index is 1.35. The molecule has 5 heterocycles. The zero-order chi connectivity index (χ0) is 22.8. The Morgan fingerprint density at radius 1 is 1.18 bits per heavy atom. The third kappa shape index (κ3) is 4.15. The second-order valence-electron chi connectivity index (χ2n) is 8.92. The molecule has 33 heavy (non-hydrogen) atoms. The smallest absolute Gasteiger partial charge is 0.325 e. The zero-order valence-electron chi connectivity index (χ0n) is 18.4. The molecule has 3 saturated heterocycles. The minimum atomic E-state index is -1.21. The molecule has 3 fully saturated rings. The van der Waals surface area contributed by atoms with Crippen molar-refractivity contribution in [2.24, 2.45) is 5.92 Å². The number of rotatable bonds is 6. The van der Waals surface area contributed by atoms with E-state index in [1.807, 2.05) is 34.5 Å². The Labute approximate surface area is 196 Å². The molecule has 1 N–H and O–H groups in total. The molecule has 4 amide bonds. The molecule has 2 atom stereocenters. The largest absolute Gasteiger partial charge is 0.376 e. The van der Waals surface area contributed by atoms with Gasteiger partial charge in [0, 0.05) is 36.7 Å². The van der Waals surface area contributed by atoms with Crippen LogP contribution in [0.5, 0.6) is 0 Å². The van der Waals surface area contributed by atoms with Crippen molar-refractivity contribution in [3.05, 3.63) is 52.5 Å². The van der Waals surface area contributed by atoms with E-state index in [0.717, 1.165) is 17.7 Å². The van der Waals surface area contributed by atoms with Crippen LogP contribution < -0.4 is 5.32 Å². The molecule has 3 aliphatic heterocycles. The first-order valence-corrected chi connectivity index (χ1v) is 12.4. The van der Waals surface area contributed by atoms with Gasteiger partial charge in [-0.25, -0.2) is 4.79 Å². The van der Waals surface area contributed by atoms with Gasteiger partial charge in [-0.1, -0.05) is 12.1 Å². The van der Waals surface area contributed by atoms with Crippen molar-refractivity contribution in [3.8, 4) is 0 Å². The van der Waals surface area contributed by atoms with E-state index in [2.05, 4.69) is 10.3 Å². The number of nitrogens with one attached hydrogen (secondary N) is 1. The molecule has 2 aromatic rings. The Hall–Kier alpha value is -2.78. The fraction of sp³-hybridized carbons (Fsp3) is 0.500. The van der Waals surface area contributed by atoms with E-state index in [1.54, 1.807) is 23.6 Å². The second-order valence-corrected chi connectivity index (χ2v) is 9.95. The van der Waals surface area contributed by atoms with Gasteiger partial charge in [0.2, 0.25) is 5.91 Å². The lowest BCUT2D eigenvalue weighted by Crippen LogP contribution is -2.54. The summed E-state index contributed by atoms with van der Waals surface area (Å²) in [6, 6.07) is 8.98. The van der Waals surface area contributed by atoms with E-state index in [-0.39, 0.29) is 30.4 Å². The topological polar surface area (TPSA) is 91.8 Å². The van der Waals surface area contributed by atoms with E-state index < -0.39 is 11.6 Å². The van der Waals surface area contributed by atoms with Crippen molar-refractivity contribution in [2.45, 2.75) is 43.7 Å². The van der Waals surface area contributed by atoms with E-state index in [0.29, 0.717) is 44.7 Å². The molecule has 9 heteroatoms. The molecule has 0 unspecified atom stereocenters. The number of amides is 4. The number of ether oxygens (including phenoxy) is 1. The third-order valence-corrected chi connectivity index (χ3v) is 7.85. The molecule has 0 radical (unpaired) electrons. The summed E-state index contributed by atoms with van der Waals surface area (Å²) in [6.07, 6.45) is 4.96. The highest BCUT2D eigenvalue weighted by Crippen LogP contribution is 2.41. The molecule has 5 rings (SSSR count). The highest BCUT2D eigenvalue weighted by Gasteiger charge is 2.58. The lowest BCUT2D eigenvalue weighted by atomic mass is 9.75. The van der Waals surface area contributed by atoms with Crippen LogP contribution >= 0.6 is 11.3 Å². The second kappa shape index (κ2) is 9.23. The fourth-order valence-corrected chi connectivity index (χ4v) is 5.94. The van der Waals surface area contributed by atoms with Crippen molar-refractivity contribution in [3.63, 3.8) is 0 Å². The molecular weight excluding hydrogens is 440 g/mol. The summed E-state index contributed by atoms with van der Waals surface area (Å²) in [5.74, 6) is -0.307. The highest BCUT2D eigenvalue weighted by molar-refractivity contribution is 7.10. The van der Waals surface area contributed by atoms with Crippen LogP contribution in [0.3, 0.4) is 0 Å². The van der Waals surface area contributed by atoms with Gasteiger partial charge in [-0.2, -0.15) is 0 Å². The first kappa shape index (κ1) is 22.0. The van der Waals surface area contributed by atoms with Crippen LogP contribution in [-0.2, 0) is 26.3 Å². The van der Waals surface area contributed by atoms with Gasteiger partial charge in [-0.15, -0.1) is 11.3 Å². The number of nitrogens with zero attached hydrogens (tertiary/aromatic N) is 3. The van der Waals surface area contributed by atoms with Gasteiger partial charge >= 0.3 is 6.03 Å². The molecule has 0 aliphatic carbocycles. The number of pyridine rings is 1. The first-order chi connectivity index (χ1) is 16.1. The number of piperidine rings is 1. The number of hydrogen-bond donors (Lipinski definition) is 1. The molecular formula is C24H28N4O4S. The van der Waals surface area contributed by atoms with Crippen LogP contribution in [0.15, 0.2) is 41.9 Å². The fourth-order valence-electron chi connectivity index (χ4n) is 5.24. The summed E-state index contributed by atoms with van der Waals surface area (Å²) >= 11 is 1.58. The Kier molecular flexibility index (Phi) is 6.16. The minimum Gasteiger partial charge on any atom is -0.376 e. The molecule has 8 nitrogen and oxygen atoms in total. The van der Waals surface area contributed by atoms with Crippen molar-refractivity contribution in [1.29, 1.82) is 0 Å².